The van der Waals surface area contributed by atoms with Crippen LogP contribution >= 0.6 is 23.1 Å². The Morgan fingerprint density at radius 1 is 1.07 bits per heavy atom. The van der Waals surface area contributed by atoms with E-state index < -0.39 is 0 Å². The zero-order chi connectivity index (χ0) is 18.5. The Bertz CT molecular complexity index is 1000. The Kier molecular flexibility index (Phi) is 5.36. The van der Waals surface area contributed by atoms with Gasteiger partial charge in [0.2, 0.25) is 5.13 Å². The zero-order valence-electron chi connectivity index (χ0n) is 14.5. The third-order valence-corrected chi connectivity index (χ3v) is 5.71. The van der Waals surface area contributed by atoms with Gasteiger partial charge in [-0.25, -0.2) is 0 Å². The van der Waals surface area contributed by atoms with Gasteiger partial charge >= 0.3 is 0 Å². The lowest BCUT2D eigenvalue weighted by atomic mass is 10.2. The number of nitrogens with one attached hydrogen (secondary N) is 1. The fraction of sp³-hybridized carbons (Fsp3) is 0.105. The average molecular weight is 396 g/mol. The van der Waals surface area contributed by atoms with Crippen LogP contribution in [0.15, 0.2) is 69.5 Å². The summed E-state index contributed by atoms with van der Waals surface area (Å²) in [6.07, 6.45) is 0. The first kappa shape index (κ1) is 17.6. The molecule has 0 saturated heterocycles. The fourth-order valence-corrected chi connectivity index (χ4v) is 4.02. The van der Waals surface area contributed by atoms with Crippen molar-refractivity contribution >= 4 is 33.9 Å². The molecule has 0 atom stereocenters. The molecule has 2 aromatic carbocycles. The van der Waals surface area contributed by atoms with E-state index in [0.29, 0.717) is 5.75 Å². The third kappa shape index (κ3) is 4.47. The SMILES string of the molecule is COc1ccc(Nc2nnc(SCc3cc(-c4ccccc4)on3)s2)cc1. The average Bonchev–Trinajstić information content (AvgIpc) is 3.37. The van der Waals surface area contributed by atoms with Crippen molar-refractivity contribution in [2.24, 2.45) is 0 Å². The molecule has 2 aromatic heterocycles. The lowest BCUT2D eigenvalue weighted by Gasteiger charge is -2.03. The van der Waals surface area contributed by atoms with Crippen molar-refractivity contribution in [3.8, 4) is 17.1 Å². The molecule has 0 bridgehead atoms. The largest absolute Gasteiger partial charge is 0.497 e. The van der Waals surface area contributed by atoms with Crippen LogP contribution in [-0.4, -0.2) is 22.5 Å². The van der Waals surface area contributed by atoms with Crippen LogP contribution in [-0.2, 0) is 5.75 Å². The Morgan fingerprint density at radius 2 is 1.89 bits per heavy atom. The molecule has 0 amide bonds. The summed E-state index contributed by atoms with van der Waals surface area (Å²) in [4.78, 5) is 0. The summed E-state index contributed by atoms with van der Waals surface area (Å²) in [6.45, 7) is 0. The maximum Gasteiger partial charge on any atom is 0.210 e. The summed E-state index contributed by atoms with van der Waals surface area (Å²) < 4.78 is 11.5. The van der Waals surface area contributed by atoms with Crippen molar-refractivity contribution in [2.45, 2.75) is 10.1 Å². The van der Waals surface area contributed by atoms with Crippen LogP contribution in [0.1, 0.15) is 5.69 Å². The number of anilines is 2. The van der Waals surface area contributed by atoms with E-state index in [-0.39, 0.29) is 0 Å². The Balaban J connectivity index is 1.35. The molecule has 8 heteroatoms. The van der Waals surface area contributed by atoms with Gasteiger partial charge in [-0.15, -0.1) is 10.2 Å². The lowest BCUT2D eigenvalue weighted by Crippen LogP contribution is -1.89. The standard InChI is InChI=1S/C19H16N4O2S2/c1-24-16-9-7-14(8-10-16)20-18-21-22-19(27-18)26-12-15-11-17(25-23-15)13-5-3-2-4-6-13/h2-11H,12H2,1H3,(H,20,21). The number of aromatic nitrogens is 3. The molecule has 4 aromatic rings. The smallest absolute Gasteiger partial charge is 0.210 e. The summed E-state index contributed by atoms with van der Waals surface area (Å²) in [5.74, 6) is 2.26. The van der Waals surface area contributed by atoms with Gasteiger partial charge in [0.05, 0.1) is 12.8 Å². The molecule has 6 nitrogen and oxygen atoms in total. The number of thioether (sulfide) groups is 1. The van der Waals surface area contributed by atoms with E-state index in [1.807, 2.05) is 60.7 Å². The second-order valence-corrected chi connectivity index (χ2v) is 7.76. The Hall–Kier alpha value is -2.84. The molecule has 0 aliphatic rings. The van der Waals surface area contributed by atoms with Crippen LogP contribution in [0.5, 0.6) is 5.75 Å². The highest BCUT2D eigenvalue weighted by Crippen LogP contribution is 2.31. The van der Waals surface area contributed by atoms with Gasteiger partial charge in [0, 0.05) is 23.1 Å². The van der Waals surface area contributed by atoms with Gasteiger partial charge < -0.3 is 14.6 Å². The van der Waals surface area contributed by atoms with E-state index in [4.69, 9.17) is 9.26 Å². The predicted molar refractivity (Wildman–Crippen MR) is 108 cm³/mol. The van der Waals surface area contributed by atoms with Gasteiger partial charge in [-0.2, -0.15) is 0 Å². The maximum atomic E-state index is 5.42. The number of methoxy groups -OCH3 is 1. The van der Waals surface area contributed by atoms with Crippen molar-refractivity contribution in [3.63, 3.8) is 0 Å². The highest BCUT2D eigenvalue weighted by molar-refractivity contribution is 8.00. The predicted octanol–water partition coefficient (Wildman–Crippen LogP) is 5.24. The molecule has 27 heavy (non-hydrogen) atoms. The molecule has 136 valence electrons. The molecule has 0 aliphatic carbocycles. The number of benzene rings is 2. The van der Waals surface area contributed by atoms with Crippen LogP contribution in [0.3, 0.4) is 0 Å². The summed E-state index contributed by atoms with van der Waals surface area (Å²) >= 11 is 3.08. The Labute approximate surface area is 164 Å². The maximum absolute atomic E-state index is 5.42. The summed E-state index contributed by atoms with van der Waals surface area (Å²) in [5.41, 5.74) is 2.83. The molecule has 0 unspecified atom stereocenters. The minimum Gasteiger partial charge on any atom is -0.497 e. The fourth-order valence-electron chi connectivity index (χ4n) is 2.37. The first-order valence-electron chi connectivity index (χ1n) is 8.18. The van der Waals surface area contributed by atoms with Crippen LogP contribution in [0, 0.1) is 0 Å². The second-order valence-electron chi connectivity index (χ2n) is 5.56. The lowest BCUT2D eigenvalue weighted by molar-refractivity contribution is 0.415. The van der Waals surface area contributed by atoms with Gasteiger partial charge in [0.1, 0.15) is 5.75 Å². The minimum absolute atomic E-state index is 0.674. The van der Waals surface area contributed by atoms with E-state index in [1.54, 1.807) is 18.9 Å². The molecular formula is C19H16N4O2S2. The third-order valence-electron chi connectivity index (χ3n) is 3.71. The van der Waals surface area contributed by atoms with Crippen molar-refractivity contribution in [1.82, 2.24) is 15.4 Å². The first-order chi connectivity index (χ1) is 13.3. The molecule has 0 aliphatic heterocycles. The van der Waals surface area contributed by atoms with Gasteiger partial charge in [-0.1, -0.05) is 58.6 Å². The van der Waals surface area contributed by atoms with Crippen molar-refractivity contribution in [1.29, 1.82) is 0 Å². The molecule has 0 spiro atoms. The van der Waals surface area contributed by atoms with E-state index >= 15 is 0 Å². The Morgan fingerprint density at radius 3 is 2.67 bits per heavy atom. The highest BCUT2D eigenvalue weighted by Gasteiger charge is 2.10. The number of nitrogens with zero attached hydrogens (tertiary/aromatic N) is 3. The van der Waals surface area contributed by atoms with E-state index in [1.165, 1.54) is 11.3 Å². The monoisotopic (exact) mass is 396 g/mol. The van der Waals surface area contributed by atoms with Gasteiger partial charge in [0.15, 0.2) is 10.1 Å². The number of hydrogen-bond acceptors (Lipinski definition) is 8. The molecule has 4 rings (SSSR count). The number of hydrogen-bond donors (Lipinski definition) is 1. The van der Waals surface area contributed by atoms with Crippen molar-refractivity contribution < 1.29 is 9.26 Å². The number of ether oxygens (including phenoxy) is 1. The van der Waals surface area contributed by atoms with Gasteiger partial charge in [-0.3, -0.25) is 0 Å². The van der Waals surface area contributed by atoms with Crippen molar-refractivity contribution in [2.75, 3.05) is 12.4 Å². The molecule has 1 N–H and O–H groups in total. The van der Waals surface area contributed by atoms with E-state index in [2.05, 4.69) is 20.7 Å². The van der Waals surface area contributed by atoms with E-state index in [9.17, 15) is 0 Å². The molecule has 0 radical (unpaired) electrons. The highest BCUT2D eigenvalue weighted by atomic mass is 32.2. The van der Waals surface area contributed by atoms with Gasteiger partial charge in [0.25, 0.3) is 0 Å². The van der Waals surface area contributed by atoms with Crippen LogP contribution in [0.4, 0.5) is 10.8 Å². The molecule has 2 heterocycles. The zero-order valence-corrected chi connectivity index (χ0v) is 16.1. The minimum atomic E-state index is 0.674. The van der Waals surface area contributed by atoms with Crippen LogP contribution in [0.2, 0.25) is 0 Å². The topological polar surface area (TPSA) is 73.1 Å². The van der Waals surface area contributed by atoms with Crippen LogP contribution < -0.4 is 10.1 Å². The second kappa shape index (κ2) is 8.24. The summed E-state index contributed by atoms with van der Waals surface area (Å²) in [5, 5.41) is 16.5. The molecule has 0 saturated carbocycles. The summed E-state index contributed by atoms with van der Waals surface area (Å²) in [7, 11) is 1.65. The molecular weight excluding hydrogens is 380 g/mol. The first-order valence-corrected chi connectivity index (χ1v) is 9.99. The van der Waals surface area contributed by atoms with Crippen molar-refractivity contribution in [3.05, 3.63) is 66.4 Å². The molecule has 0 fully saturated rings. The van der Waals surface area contributed by atoms with E-state index in [0.717, 1.165) is 37.9 Å². The quantitative estimate of drug-likeness (QED) is 0.428. The van der Waals surface area contributed by atoms with Gasteiger partial charge in [-0.05, 0) is 24.3 Å². The van der Waals surface area contributed by atoms with Crippen LogP contribution in [0.25, 0.3) is 11.3 Å². The summed E-state index contributed by atoms with van der Waals surface area (Å²) in [6, 6.07) is 19.6. The normalized spacial score (nSPS) is 10.7. The number of rotatable bonds is 7.